The van der Waals surface area contributed by atoms with Gasteiger partial charge in [-0.15, -0.1) is 11.3 Å². The average molecular weight is 288 g/mol. The predicted molar refractivity (Wildman–Crippen MR) is 84.2 cm³/mol. The summed E-state index contributed by atoms with van der Waals surface area (Å²) >= 11 is 1.65. The lowest BCUT2D eigenvalue weighted by atomic mass is 9.98. The van der Waals surface area contributed by atoms with Gasteiger partial charge in [0.25, 0.3) is 5.91 Å². The quantitative estimate of drug-likeness (QED) is 0.942. The van der Waals surface area contributed by atoms with E-state index in [2.05, 4.69) is 6.07 Å². The van der Waals surface area contributed by atoms with Gasteiger partial charge in [-0.1, -0.05) is 18.2 Å². The Balaban J connectivity index is 1.90. The van der Waals surface area contributed by atoms with Crippen molar-refractivity contribution in [1.82, 2.24) is 4.90 Å². The molecule has 2 heterocycles. The Bertz CT molecular complexity index is 605. The van der Waals surface area contributed by atoms with Crippen LogP contribution in [-0.4, -0.2) is 29.9 Å². The van der Waals surface area contributed by atoms with E-state index in [4.69, 9.17) is 5.73 Å². The Labute approximate surface area is 123 Å². The van der Waals surface area contributed by atoms with E-state index in [1.807, 2.05) is 28.5 Å². The molecule has 1 aromatic carbocycles. The number of benzene rings is 1. The molecule has 1 aliphatic heterocycles. The van der Waals surface area contributed by atoms with E-state index in [1.54, 1.807) is 11.3 Å². The number of piperidine rings is 1. The maximum atomic E-state index is 12.9. The maximum Gasteiger partial charge on any atom is 0.255 e. The Hall–Kier alpha value is -1.39. The first-order chi connectivity index (χ1) is 9.81. The molecule has 4 heteroatoms. The van der Waals surface area contributed by atoms with Crippen LogP contribution in [0.25, 0.3) is 10.1 Å². The minimum absolute atomic E-state index is 0.181. The summed E-state index contributed by atoms with van der Waals surface area (Å²) in [7, 11) is 0. The van der Waals surface area contributed by atoms with Crippen LogP contribution >= 0.6 is 11.3 Å². The molecule has 1 atom stereocenters. The summed E-state index contributed by atoms with van der Waals surface area (Å²) in [5.41, 5.74) is 6.55. The third-order valence-corrected chi connectivity index (χ3v) is 5.06. The van der Waals surface area contributed by atoms with Crippen LogP contribution in [-0.2, 0) is 0 Å². The second kappa shape index (κ2) is 5.94. The van der Waals surface area contributed by atoms with Gasteiger partial charge < -0.3 is 10.6 Å². The monoisotopic (exact) mass is 288 g/mol. The van der Waals surface area contributed by atoms with E-state index < -0.39 is 0 Å². The molecule has 2 N–H and O–H groups in total. The van der Waals surface area contributed by atoms with Crippen molar-refractivity contribution in [1.29, 1.82) is 0 Å². The maximum absolute atomic E-state index is 12.9. The Kier molecular flexibility index (Phi) is 4.03. The lowest BCUT2D eigenvalue weighted by molar-refractivity contribution is 0.0607. The van der Waals surface area contributed by atoms with Crippen molar-refractivity contribution in [2.45, 2.75) is 31.7 Å². The molecule has 0 radical (unpaired) electrons. The van der Waals surface area contributed by atoms with Gasteiger partial charge in [-0.3, -0.25) is 4.79 Å². The van der Waals surface area contributed by atoms with Crippen molar-refractivity contribution < 1.29 is 4.79 Å². The van der Waals surface area contributed by atoms with Crippen LogP contribution < -0.4 is 5.73 Å². The molecular weight excluding hydrogens is 268 g/mol. The predicted octanol–water partition coefficient (Wildman–Crippen LogP) is 3.24. The molecule has 2 aromatic rings. The number of fused-ring (bicyclic) bond motifs is 1. The highest BCUT2D eigenvalue weighted by Gasteiger charge is 2.28. The summed E-state index contributed by atoms with van der Waals surface area (Å²) in [5, 5.41) is 3.08. The van der Waals surface area contributed by atoms with Gasteiger partial charge in [-0.05, 0) is 38.3 Å². The number of nitrogens with zero attached hydrogens (tertiary/aromatic N) is 1. The zero-order valence-electron chi connectivity index (χ0n) is 11.5. The minimum atomic E-state index is 0.181. The number of amides is 1. The summed E-state index contributed by atoms with van der Waals surface area (Å²) in [4.78, 5) is 14.9. The third kappa shape index (κ3) is 2.45. The Morgan fingerprint density at radius 3 is 3.05 bits per heavy atom. The van der Waals surface area contributed by atoms with Gasteiger partial charge in [0, 0.05) is 28.1 Å². The molecule has 20 heavy (non-hydrogen) atoms. The van der Waals surface area contributed by atoms with Crippen molar-refractivity contribution >= 4 is 27.3 Å². The molecule has 1 aliphatic rings. The van der Waals surface area contributed by atoms with E-state index in [1.165, 1.54) is 11.1 Å². The molecule has 106 valence electrons. The lowest BCUT2D eigenvalue weighted by Crippen LogP contribution is -2.44. The summed E-state index contributed by atoms with van der Waals surface area (Å²) in [6, 6.07) is 8.45. The van der Waals surface area contributed by atoms with Crippen LogP contribution in [0.15, 0.2) is 29.6 Å². The van der Waals surface area contributed by atoms with Crippen LogP contribution in [0.4, 0.5) is 0 Å². The van der Waals surface area contributed by atoms with Crippen LogP contribution in [0.5, 0.6) is 0 Å². The summed E-state index contributed by atoms with van der Waals surface area (Å²) in [6.07, 6.45) is 4.31. The van der Waals surface area contributed by atoms with Gasteiger partial charge in [0.05, 0.1) is 5.56 Å². The second-order valence-electron chi connectivity index (χ2n) is 5.37. The fraction of sp³-hybridized carbons (Fsp3) is 0.438. The number of nitrogens with two attached hydrogens (primary N) is 1. The van der Waals surface area contributed by atoms with Crippen molar-refractivity contribution in [3.8, 4) is 0 Å². The number of likely N-dealkylation sites (tertiary alicyclic amines) is 1. The van der Waals surface area contributed by atoms with E-state index >= 15 is 0 Å². The van der Waals surface area contributed by atoms with Gasteiger partial charge in [-0.2, -0.15) is 0 Å². The molecule has 1 unspecified atom stereocenters. The molecule has 0 bridgehead atoms. The van der Waals surface area contributed by atoms with Crippen LogP contribution in [0.1, 0.15) is 36.0 Å². The number of hydrogen-bond acceptors (Lipinski definition) is 3. The largest absolute Gasteiger partial charge is 0.336 e. The van der Waals surface area contributed by atoms with Crippen molar-refractivity contribution in [3.63, 3.8) is 0 Å². The van der Waals surface area contributed by atoms with Gasteiger partial charge in [0.1, 0.15) is 0 Å². The SMILES string of the molecule is NCCC1CCCCN1C(=O)c1csc2ccccc12. The first-order valence-electron chi connectivity index (χ1n) is 7.28. The number of carbonyl (C=O) groups excluding carboxylic acids is 1. The zero-order chi connectivity index (χ0) is 13.9. The Morgan fingerprint density at radius 1 is 1.35 bits per heavy atom. The molecule has 1 aromatic heterocycles. The summed E-state index contributed by atoms with van der Waals surface area (Å²) < 4.78 is 1.18. The normalized spacial score (nSPS) is 19.4. The van der Waals surface area contributed by atoms with Gasteiger partial charge in [-0.25, -0.2) is 0 Å². The molecule has 1 saturated heterocycles. The Morgan fingerprint density at radius 2 is 2.20 bits per heavy atom. The van der Waals surface area contributed by atoms with E-state index in [9.17, 15) is 4.79 Å². The third-order valence-electron chi connectivity index (χ3n) is 4.10. The van der Waals surface area contributed by atoms with E-state index in [0.29, 0.717) is 12.6 Å². The van der Waals surface area contributed by atoms with Crippen molar-refractivity contribution in [2.24, 2.45) is 5.73 Å². The molecule has 0 spiro atoms. The van der Waals surface area contributed by atoms with Gasteiger partial charge in [0.15, 0.2) is 0 Å². The van der Waals surface area contributed by atoms with Crippen LogP contribution in [0.3, 0.4) is 0 Å². The molecule has 1 fully saturated rings. The molecule has 3 nitrogen and oxygen atoms in total. The topological polar surface area (TPSA) is 46.3 Å². The summed E-state index contributed by atoms with van der Waals surface area (Å²) in [6.45, 7) is 1.52. The first kappa shape index (κ1) is 13.6. The number of hydrogen-bond donors (Lipinski definition) is 1. The molecule has 0 saturated carbocycles. The highest BCUT2D eigenvalue weighted by atomic mass is 32.1. The number of thiophene rings is 1. The fourth-order valence-corrected chi connectivity index (χ4v) is 3.99. The zero-order valence-corrected chi connectivity index (χ0v) is 12.4. The van der Waals surface area contributed by atoms with Gasteiger partial charge in [0.2, 0.25) is 0 Å². The smallest absolute Gasteiger partial charge is 0.255 e. The van der Waals surface area contributed by atoms with Crippen molar-refractivity contribution in [3.05, 3.63) is 35.2 Å². The van der Waals surface area contributed by atoms with E-state index in [0.717, 1.165) is 36.8 Å². The second-order valence-corrected chi connectivity index (χ2v) is 6.28. The standard InChI is InChI=1S/C16H20N2OS/c17-9-8-12-5-3-4-10-18(12)16(19)14-11-20-15-7-2-1-6-13(14)15/h1-2,6-7,11-12H,3-5,8-10,17H2. The summed E-state index contributed by atoms with van der Waals surface area (Å²) in [5.74, 6) is 0.181. The fourth-order valence-electron chi connectivity index (χ4n) is 3.06. The number of carbonyl (C=O) groups is 1. The lowest BCUT2D eigenvalue weighted by Gasteiger charge is -2.35. The molecular formula is C16H20N2OS. The molecule has 0 aliphatic carbocycles. The minimum Gasteiger partial charge on any atom is -0.336 e. The van der Waals surface area contributed by atoms with Gasteiger partial charge >= 0.3 is 0 Å². The van der Waals surface area contributed by atoms with Crippen LogP contribution in [0, 0.1) is 0 Å². The average Bonchev–Trinajstić information content (AvgIpc) is 2.91. The van der Waals surface area contributed by atoms with Crippen LogP contribution in [0.2, 0.25) is 0 Å². The first-order valence-corrected chi connectivity index (χ1v) is 8.16. The highest BCUT2D eigenvalue weighted by molar-refractivity contribution is 7.17. The molecule has 1 amide bonds. The number of rotatable bonds is 3. The molecule has 3 rings (SSSR count). The van der Waals surface area contributed by atoms with Crippen molar-refractivity contribution in [2.75, 3.05) is 13.1 Å². The highest BCUT2D eigenvalue weighted by Crippen LogP contribution is 2.29. The van der Waals surface area contributed by atoms with E-state index in [-0.39, 0.29) is 5.91 Å².